The third kappa shape index (κ3) is 3.88. The molecule has 0 aliphatic heterocycles. The lowest BCUT2D eigenvalue weighted by molar-refractivity contribution is 0.898. The van der Waals surface area contributed by atoms with E-state index in [1.807, 2.05) is 24.3 Å². The monoisotopic (exact) mass is 307 g/mol. The molecule has 0 spiro atoms. The molecule has 0 radical (unpaired) electrons. The molecule has 0 saturated heterocycles. The Balaban J connectivity index is 1.60. The molecule has 1 heterocycles. The third-order valence-electron chi connectivity index (χ3n) is 3.56. The van der Waals surface area contributed by atoms with Crippen molar-refractivity contribution in [3.63, 3.8) is 0 Å². The first-order chi connectivity index (χ1) is 11.1. The summed E-state index contributed by atoms with van der Waals surface area (Å²) in [7, 11) is 0. The van der Waals surface area contributed by atoms with Crippen LogP contribution in [-0.2, 0) is 6.42 Å². The van der Waals surface area contributed by atoms with E-state index in [4.69, 9.17) is 5.73 Å². The Kier molecular flexibility index (Phi) is 4.28. The highest BCUT2D eigenvalue weighted by Gasteiger charge is 2.02. The maximum absolute atomic E-state index is 5.95. The third-order valence-corrected chi connectivity index (χ3v) is 3.56. The maximum Gasteiger partial charge on any atom is 0.193 e. The van der Waals surface area contributed by atoms with Crippen LogP contribution in [0.4, 0.5) is 5.69 Å². The molecule has 4 N–H and O–H groups in total. The molecule has 0 fully saturated rings. The van der Waals surface area contributed by atoms with E-state index in [2.05, 4.69) is 52.3 Å². The molecule has 0 bridgehead atoms. The average Bonchev–Trinajstić information content (AvgIpc) is 2.88. The molecule has 3 rings (SSSR count). The zero-order valence-electron chi connectivity index (χ0n) is 13.4. The second-order valence-corrected chi connectivity index (χ2v) is 5.72. The summed E-state index contributed by atoms with van der Waals surface area (Å²) >= 11 is 0. The van der Waals surface area contributed by atoms with E-state index in [1.165, 1.54) is 11.1 Å². The topological polar surface area (TPSA) is 79.1 Å². The highest BCUT2D eigenvalue weighted by molar-refractivity contribution is 5.92. The fraction of sp³-hybridized carbons (Fsp3) is 0.222. The zero-order chi connectivity index (χ0) is 16.2. The smallest absolute Gasteiger partial charge is 0.193 e. The van der Waals surface area contributed by atoms with Crippen LogP contribution in [0.25, 0.3) is 11.0 Å². The Hall–Kier alpha value is -2.82. The van der Waals surface area contributed by atoms with Crippen LogP contribution in [0.15, 0.2) is 47.5 Å². The molecule has 23 heavy (non-hydrogen) atoms. The van der Waals surface area contributed by atoms with Crippen molar-refractivity contribution in [3.8, 4) is 0 Å². The quantitative estimate of drug-likeness (QED) is 0.512. The van der Waals surface area contributed by atoms with Gasteiger partial charge in [-0.3, -0.25) is 4.99 Å². The van der Waals surface area contributed by atoms with E-state index in [0.717, 1.165) is 29.0 Å². The van der Waals surface area contributed by atoms with Crippen LogP contribution in [0.1, 0.15) is 17.0 Å². The average molecular weight is 307 g/mol. The van der Waals surface area contributed by atoms with Gasteiger partial charge in [-0.25, -0.2) is 4.98 Å². The molecular weight excluding hydrogens is 286 g/mol. The molecular formula is C18H21N5. The van der Waals surface area contributed by atoms with Crippen LogP contribution in [0.3, 0.4) is 0 Å². The van der Waals surface area contributed by atoms with Crippen LogP contribution in [-0.4, -0.2) is 22.5 Å². The Morgan fingerprint density at radius 2 is 1.91 bits per heavy atom. The number of rotatable bonds is 4. The van der Waals surface area contributed by atoms with Gasteiger partial charge in [0.05, 0.1) is 11.0 Å². The van der Waals surface area contributed by atoms with E-state index < -0.39 is 0 Å². The molecule has 1 aromatic heterocycles. The van der Waals surface area contributed by atoms with Gasteiger partial charge in [-0.05, 0) is 49.2 Å². The predicted molar refractivity (Wildman–Crippen MR) is 95.8 cm³/mol. The largest absolute Gasteiger partial charge is 0.370 e. The lowest BCUT2D eigenvalue weighted by Gasteiger charge is -2.07. The van der Waals surface area contributed by atoms with E-state index in [-0.39, 0.29) is 0 Å². The van der Waals surface area contributed by atoms with Crippen molar-refractivity contribution in [3.05, 3.63) is 59.4 Å². The number of benzene rings is 2. The molecule has 0 amide bonds. The van der Waals surface area contributed by atoms with Gasteiger partial charge >= 0.3 is 0 Å². The summed E-state index contributed by atoms with van der Waals surface area (Å²) in [6, 6.07) is 14.2. The van der Waals surface area contributed by atoms with Gasteiger partial charge < -0.3 is 16.0 Å². The van der Waals surface area contributed by atoms with Gasteiger partial charge in [0.25, 0.3) is 0 Å². The van der Waals surface area contributed by atoms with Gasteiger partial charge in [0.1, 0.15) is 5.82 Å². The summed E-state index contributed by atoms with van der Waals surface area (Å²) in [5.41, 5.74) is 11.3. The molecule has 0 aliphatic rings. The number of guanidine groups is 1. The fourth-order valence-corrected chi connectivity index (χ4v) is 2.64. The number of aromatic amines is 1. The second-order valence-electron chi connectivity index (χ2n) is 5.72. The molecule has 5 heteroatoms. The SMILES string of the molecule is Cc1cc(C)cc(NC(N)=NCCc2nc3ccccc3[nH]2)c1. The van der Waals surface area contributed by atoms with Crippen LogP contribution in [0, 0.1) is 13.8 Å². The minimum atomic E-state index is 0.422. The molecule has 0 saturated carbocycles. The van der Waals surface area contributed by atoms with Crippen molar-refractivity contribution < 1.29 is 0 Å². The Morgan fingerprint density at radius 3 is 2.65 bits per heavy atom. The summed E-state index contributed by atoms with van der Waals surface area (Å²) in [6.07, 6.45) is 0.726. The highest BCUT2D eigenvalue weighted by atomic mass is 15.1. The number of aryl methyl sites for hydroxylation is 2. The Labute approximate surface area is 135 Å². The van der Waals surface area contributed by atoms with Gasteiger partial charge in [-0.2, -0.15) is 0 Å². The van der Waals surface area contributed by atoms with Crippen LogP contribution >= 0.6 is 0 Å². The number of fused-ring (bicyclic) bond motifs is 1. The number of aliphatic imine (C=N–C) groups is 1. The van der Waals surface area contributed by atoms with Crippen LogP contribution in [0.5, 0.6) is 0 Å². The number of hydrogen-bond acceptors (Lipinski definition) is 2. The van der Waals surface area contributed by atoms with E-state index >= 15 is 0 Å². The molecule has 3 aromatic rings. The van der Waals surface area contributed by atoms with Crippen molar-refractivity contribution in [2.75, 3.05) is 11.9 Å². The van der Waals surface area contributed by atoms with E-state index in [0.29, 0.717) is 12.5 Å². The molecule has 0 unspecified atom stereocenters. The molecule has 0 aliphatic carbocycles. The number of anilines is 1. The Morgan fingerprint density at radius 1 is 1.17 bits per heavy atom. The first kappa shape index (κ1) is 15.1. The summed E-state index contributed by atoms with van der Waals surface area (Å²) in [5.74, 6) is 1.35. The minimum absolute atomic E-state index is 0.422. The lowest BCUT2D eigenvalue weighted by Crippen LogP contribution is -2.23. The molecule has 5 nitrogen and oxygen atoms in total. The standard InChI is InChI=1S/C18H21N5/c1-12-9-13(2)11-14(10-12)21-18(19)20-8-7-17-22-15-5-3-4-6-16(15)23-17/h3-6,9-11H,7-8H2,1-2H3,(H,22,23)(H3,19,20,21). The number of imidazole rings is 1. The fourth-order valence-electron chi connectivity index (χ4n) is 2.64. The molecule has 118 valence electrons. The zero-order valence-corrected chi connectivity index (χ0v) is 13.4. The van der Waals surface area contributed by atoms with Gasteiger partial charge in [0.2, 0.25) is 0 Å². The number of H-pyrrole nitrogens is 1. The van der Waals surface area contributed by atoms with Gasteiger partial charge in [-0.1, -0.05) is 18.2 Å². The minimum Gasteiger partial charge on any atom is -0.370 e. The number of nitrogens with one attached hydrogen (secondary N) is 2. The summed E-state index contributed by atoms with van der Waals surface area (Å²) in [6.45, 7) is 4.71. The van der Waals surface area contributed by atoms with Crippen LogP contribution < -0.4 is 11.1 Å². The number of nitrogens with zero attached hydrogens (tertiary/aromatic N) is 2. The van der Waals surface area contributed by atoms with Crippen molar-refractivity contribution >= 4 is 22.7 Å². The van der Waals surface area contributed by atoms with Gasteiger partial charge in [0.15, 0.2) is 5.96 Å². The number of nitrogens with two attached hydrogens (primary N) is 1. The van der Waals surface area contributed by atoms with Gasteiger partial charge in [0, 0.05) is 18.7 Å². The summed E-state index contributed by atoms with van der Waals surface area (Å²) in [5, 5.41) is 3.13. The van der Waals surface area contributed by atoms with Crippen molar-refractivity contribution in [2.45, 2.75) is 20.3 Å². The number of hydrogen-bond donors (Lipinski definition) is 3. The lowest BCUT2D eigenvalue weighted by atomic mass is 10.1. The first-order valence-electron chi connectivity index (χ1n) is 7.69. The normalized spacial score (nSPS) is 11.8. The number of aromatic nitrogens is 2. The predicted octanol–water partition coefficient (Wildman–Crippen LogP) is 3.15. The Bertz CT molecular complexity index is 794. The second kappa shape index (κ2) is 6.52. The molecule has 2 aromatic carbocycles. The summed E-state index contributed by atoms with van der Waals surface area (Å²) < 4.78 is 0. The highest BCUT2D eigenvalue weighted by Crippen LogP contribution is 2.13. The van der Waals surface area contributed by atoms with Crippen molar-refractivity contribution in [1.82, 2.24) is 9.97 Å². The number of para-hydroxylation sites is 2. The first-order valence-corrected chi connectivity index (χ1v) is 7.69. The van der Waals surface area contributed by atoms with Crippen molar-refractivity contribution in [1.29, 1.82) is 0 Å². The molecule has 0 atom stereocenters. The van der Waals surface area contributed by atoms with E-state index in [1.54, 1.807) is 0 Å². The summed E-state index contributed by atoms with van der Waals surface area (Å²) in [4.78, 5) is 12.2. The van der Waals surface area contributed by atoms with E-state index in [9.17, 15) is 0 Å². The van der Waals surface area contributed by atoms with Gasteiger partial charge in [-0.15, -0.1) is 0 Å². The van der Waals surface area contributed by atoms with Crippen molar-refractivity contribution in [2.24, 2.45) is 10.7 Å². The van der Waals surface area contributed by atoms with Crippen LogP contribution in [0.2, 0.25) is 0 Å². The maximum atomic E-state index is 5.95.